The largest absolute Gasteiger partial charge is 0.573 e. The molecular formula is C19H26F3N3O4S. The Morgan fingerprint density at radius 1 is 1.03 bits per heavy atom. The van der Waals surface area contributed by atoms with E-state index in [2.05, 4.69) is 4.74 Å². The van der Waals surface area contributed by atoms with Crippen LogP contribution in [-0.2, 0) is 10.2 Å². The third-order valence-electron chi connectivity index (χ3n) is 5.64. The second-order valence-corrected chi connectivity index (χ2v) is 9.57. The van der Waals surface area contributed by atoms with Crippen LogP contribution in [0.15, 0.2) is 24.3 Å². The zero-order chi connectivity index (χ0) is 21.9. The minimum Gasteiger partial charge on any atom is -0.406 e. The Morgan fingerprint density at radius 3 is 2.13 bits per heavy atom. The molecule has 1 saturated heterocycles. The fraction of sp³-hybridized carbons (Fsp3) is 0.632. The van der Waals surface area contributed by atoms with E-state index in [0.717, 1.165) is 44.2 Å². The summed E-state index contributed by atoms with van der Waals surface area (Å²) in [6.45, 7) is 0.801. The van der Waals surface area contributed by atoms with E-state index in [0.29, 0.717) is 0 Å². The number of nitrogens with zero attached hydrogens (tertiary/aromatic N) is 3. The second-order valence-electron chi connectivity index (χ2n) is 7.58. The van der Waals surface area contributed by atoms with Gasteiger partial charge in [0.2, 0.25) is 0 Å². The van der Waals surface area contributed by atoms with Crippen molar-refractivity contribution in [2.45, 2.75) is 44.5 Å². The molecule has 168 valence electrons. The lowest BCUT2D eigenvalue weighted by atomic mass is 9.96. The van der Waals surface area contributed by atoms with Crippen molar-refractivity contribution in [1.29, 1.82) is 0 Å². The minimum absolute atomic E-state index is 0.0147. The highest BCUT2D eigenvalue weighted by atomic mass is 32.2. The molecule has 3 rings (SSSR count). The number of rotatable bonds is 5. The Morgan fingerprint density at radius 2 is 1.60 bits per heavy atom. The number of ether oxygens (including phenoxy) is 1. The number of alkyl halides is 3. The lowest BCUT2D eigenvalue weighted by Gasteiger charge is -2.38. The van der Waals surface area contributed by atoms with E-state index in [-0.39, 0.29) is 43.7 Å². The van der Waals surface area contributed by atoms with Gasteiger partial charge < -0.3 is 9.64 Å². The number of benzene rings is 1. The van der Waals surface area contributed by atoms with Gasteiger partial charge in [0, 0.05) is 44.8 Å². The number of amides is 1. The normalized spacial score (nSPS) is 19.8. The molecule has 30 heavy (non-hydrogen) atoms. The fourth-order valence-electron chi connectivity index (χ4n) is 3.92. The fourth-order valence-corrected chi connectivity index (χ4v) is 5.50. The van der Waals surface area contributed by atoms with Gasteiger partial charge in [0.15, 0.2) is 0 Å². The molecular weight excluding hydrogens is 423 g/mol. The van der Waals surface area contributed by atoms with Crippen molar-refractivity contribution < 1.29 is 31.1 Å². The van der Waals surface area contributed by atoms with Gasteiger partial charge in [0.1, 0.15) is 5.75 Å². The van der Waals surface area contributed by atoms with E-state index >= 15 is 0 Å². The van der Waals surface area contributed by atoms with Gasteiger partial charge in [-0.25, -0.2) is 0 Å². The number of hydrogen-bond donors (Lipinski definition) is 0. The maximum absolute atomic E-state index is 12.9. The van der Waals surface area contributed by atoms with Crippen molar-refractivity contribution in [3.05, 3.63) is 29.8 Å². The van der Waals surface area contributed by atoms with Crippen LogP contribution in [0.4, 0.5) is 13.2 Å². The van der Waals surface area contributed by atoms with Gasteiger partial charge in [-0.05, 0) is 37.1 Å². The first-order chi connectivity index (χ1) is 14.1. The highest BCUT2D eigenvalue weighted by Gasteiger charge is 2.35. The number of piperazine rings is 1. The van der Waals surface area contributed by atoms with Crippen molar-refractivity contribution in [2.75, 3.05) is 33.2 Å². The van der Waals surface area contributed by atoms with Crippen molar-refractivity contribution in [1.82, 2.24) is 13.5 Å². The molecule has 7 nitrogen and oxygen atoms in total. The summed E-state index contributed by atoms with van der Waals surface area (Å²) in [5.74, 6) is -0.757. The van der Waals surface area contributed by atoms with Gasteiger partial charge in [-0.3, -0.25) is 4.79 Å². The molecule has 1 amide bonds. The molecule has 11 heteroatoms. The monoisotopic (exact) mass is 449 g/mol. The van der Waals surface area contributed by atoms with Crippen LogP contribution in [0.1, 0.15) is 42.5 Å². The second kappa shape index (κ2) is 9.11. The van der Waals surface area contributed by atoms with Crippen molar-refractivity contribution in [3.63, 3.8) is 0 Å². The lowest BCUT2D eigenvalue weighted by molar-refractivity contribution is -0.274. The van der Waals surface area contributed by atoms with Gasteiger partial charge in [-0.1, -0.05) is 19.3 Å². The van der Waals surface area contributed by atoms with E-state index in [1.807, 2.05) is 0 Å². The van der Waals surface area contributed by atoms with E-state index in [1.54, 1.807) is 7.05 Å². The SMILES string of the molecule is CN(C1CCCCC1)S(=O)(=O)N1CCN(C(=O)c2ccc(OC(F)(F)F)cc2)CC1. The average Bonchev–Trinajstić information content (AvgIpc) is 2.73. The molecule has 1 heterocycles. The van der Waals surface area contributed by atoms with Crippen LogP contribution in [0.3, 0.4) is 0 Å². The quantitative estimate of drug-likeness (QED) is 0.693. The smallest absolute Gasteiger partial charge is 0.406 e. The van der Waals surface area contributed by atoms with Crippen molar-refractivity contribution in [3.8, 4) is 5.75 Å². The molecule has 1 aromatic carbocycles. The molecule has 1 saturated carbocycles. The number of carbonyl (C=O) groups excluding carboxylic acids is 1. The van der Waals surface area contributed by atoms with Crippen LogP contribution in [-0.4, -0.2) is 73.5 Å². The van der Waals surface area contributed by atoms with E-state index < -0.39 is 22.3 Å². The lowest BCUT2D eigenvalue weighted by Crippen LogP contribution is -2.55. The van der Waals surface area contributed by atoms with E-state index in [1.165, 1.54) is 25.6 Å². The summed E-state index contributed by atoms with van der Waals surface area (Å²) < 4.78 is 69.2. The summed E-state index contributed by atoms with van der Waals surface area (Å²) in [7, 11) is -1.97. The van der Waals surface area contributed by atoms with Gasteiger partial charge in [0.05, 0.1) is 0 Å². The molecule has 0 atom stereocenters. The van der Waals surface area contributed by atoms with Gasteiger partial charge >= 0.3 is 6.36 Å². The van der Waals surface area contributed by atoms with Gasteiger partial charge in [-0.2, -0.15) is 17.0 Å². The van der Waals surface area contributed by atoms with Crippen molar-refractivity contribution in [2.24, 2.45) is 0 Å². The molecule has 0 spiro atoms. The third kappa shape index (κ3) is 5.44. The Kier molecular flexibility index (Phi) is 6.93. The van der Waals surface area contributed by atoms with Crippen LogP contribution < -0.4 is 4.74 Å². The predicted octanol–water partition coefficient (Wildman–Crippen LogP) is 2.85. The standard InChI is InChI=1S/C19H26F3N3O4S/c1-23(16-5-3-2-4-6-16)30(27,28)25-13-11-24(12-14-25)18(26)15-7-9-17(10-8-15)29-19(20,21)22/h7-10,16H,2-6,11-14H2,1H3. The Balaban J connectivity index is 1.57. The van der Waals surface area contributed by atoms with Crippen LogP contribution in [0, 0.1) is 0 Å². The first-order valence-electron chi connectivity index (χ1n) is 9.96. The average molecular weight is 449 g/mol. The highest BCUT2D eigenvalue weighted by Crippen LogP contribution is 2.26. The molecule has 1 aliphatic carbocycles. The first kappa shape index (κ1) is 22.8. The van der Waals surface area contributed by atoms with Gasteiger partial charge in [-0.15, -0.1) is 13.2 Å². The molecule has 2 aliphatic rings. The molecule has 1 aromatic rings. The number of halogens is 3. The van der Waals surface area contributed by atoms with E-state index in [9.17, 15) is 26.4 Å². The minimum atomic E-state index is -4.79. The predicted molar refractivity (Wildman–Crippen MR) is 104 cm³/mol. The van der Waals surface area contributed by atoms with Gasteiger partial charge in [0.25, 0.3) is 16.1 Å². The Hall–Kier alpha value is -1.85. The maximum atomic E-state index is 12.9. The van der Waals surface area contributed by atoms with Crippen LogP contribution in [0.25, 0.3) is 0 Å². The van der Waals surface area contributed by atoms with Crippen LogP contribution >= 0.6 is 0 Å². The Bertz CT molecular complexity index is 832. The summed E-state index contributed by atoms with van der Waals surface area (Å²) in [6, 6.07) is 4.72. The summed E-state index contributed by atoms with van der Waals surface area (Å²) in [5, 5.41) is 0. The molecule has 0 unspecified atom stereocenters. The van der Waals surface area contributed by atoms with Crippen LogP contribution in [0.5, 0.6) is 5.75 Å². The topological polar surface area (TPSA) is 70.2 Å². The third-order valence-corrected chi connectivity index (χ3v) is 7.68. The van der Waals surface area contributed by atoms with Crippen molar-refractivity contribution >= 4 is 16.1 Å². The van der Waals surface area contributed by atoms with E-state index in [4.69, 9.17) is 0 Å². The molecule has 0 radical (unpaired) electrons. The summed E-state index contributed by atoms with van der Waals surface area (Å²) in [5.41, 5.74) is 0.222. The van der Waals surface area contributed by atoms with Crippen LogP contribution in [0.2, 0.25) is 0 Å². The maximum Gasteiger partial charge on any atom is 0.573 e. The molecule has 0 N–H and O–H groups in total. The number of hydrogen-bond acceptors (Lipinski definition) is 4. The zero-order valence-corrected chi connectivity index (χ0v) is 17.6. The molecule has 1 aliphatic heterocycles. The highest BCUT2D eigenvalue weighted by molar-refractivity contribution is 7.86. The summed E-state index contributed by atoms with van der Waals surface area (Å²) in [4.78, 5) is 14.1. The summed E-state index contributed by atoms with van der Waals surface area (Å²) in [6.07, 6.45) is 0.121. The molecule has 2 fully saturated rings. The molecule has 0 aromatic heterocycles. The zero-order valence-electron chi connectivity index (χ0n) is 16.8. The molecule has 0 bridgehead atoms. The number of carbonyl (C=O) groups is 1. The first-order valence-corrected chi connectivity index (χ1v) is 11.4. The Labute approximate surface area is 174 Å². The summed E-state index contributed by atoms with van der Waals surface area (Å²) >= 11 is 0.